The molecule has 3 aliphatic carbocycles. The Morgan fingerprint density at radius 1 is 1.18 bits per heavy atom. The van der Waals surface area contributed by atoms with Gasteiger partial charge in [-0.05, 0) is 75.1 Å². The van der Waals surface area contributed by atoms with Crippen LogP contribution in [-0.4, -0.2) is 51.7 Å². The zero-order valence-electron chi connectivity index (χ0n) is 26.7. The molecule has 2 aromatic heterocycles. The Morgan fingerprint density at radius 3 is 2.69 bits per heavy atom. The number of nitrogens with zero attached hydrogens (tertiary/aromatic N) is 4. The summed E-state index contributed by atoms with van der Waals surface area (Å²) in [6.45, 7) is -0.203. The van der Waals surface area contributed by atoms with Gasteiger partial charge in [-0.15, -0.1) is 0 Å². The summed E-state index contributed by atoms with van der Waals surface area (Å²) in [5, 5.41) is 15.1. The number of likely N-dealkylation sites (tertiary alicyclic amines) is 1. The van der Waals surface area contributed by atoms with Crippen LogP contribution in [0.1, 0.15) is 67.6 Å². The molecule has 6 aliphatic rings. The Hall–Kier alpha value is -3.36. The molecule has 0 spiro atoms. The molecule has 12 heteroatoms. The molecular formula is C37H34Cl2F3N5O2. The van der Waals surface area contributed by atoms with E-state index >= 15 is 4.39 Å². The number of carbonyl (C=O) groups excluding carboxylic acids is 1. The van der Waals surface area contributed by atoms with Gasteiger partial charge in [-0.25, -0.2) is 9.37 Å². The molecule has 6 fully saturated rings. The lowest BCUT2D eigenvalue weighted by molar-refractivity contribution is -0.184. The summed E-state index contributed by atoms with van der Waals surface area (Å²) in [6, 6.07) is 10.9. The van der Waals surface area contributed by atoms with Gasteiger partial charge in [-0.3, -0.25) is 4.79 Å². The zero-order valence-corrected chi connectivity index (χ0v) is 28.2. The maximum absolute atomic E-state index is 17.1. The molecule has 1 N–H and O–H groups in total. The zero-order chi connectivity index (χ0) is 33.9. The normalized spacial score (nSPS) is 28.6. The van der Waals surface area contributed by atoms with Crippen molar-refractivity contribution in [1.82, 2.24) is 19.8 Å². The van der Waals surface area contributed by atoms with E-state index in [1.807, 2.05) is 17.9 Å². The van der Waals surface area contributed by atoms with Gasteiger partial charge in [-0.1, -0.05) is 35.3 Å². The van der Waals surface area contributed by atoms with Crippen LogP contribution in [0.25, 0.3) is 32.9 Å². The van der Waals surface area contributed by atoms with Gasteiger partial charge in [0.25, 0.3) is 0 Å². The van der Waals surface area contributed by atoms with Crippen LogP contribution in [0.5, 0.6) is 0 Å². The average molecular weight is 709 g/mol. The highest BCUT2D eigenvalue weighted by atomic mass is 35.5. The van der Waals surface area contributed by atoms with Gasteiger partial charge in [0, 0.05) is 70.2 Å². The summed E-state index contributed by atoms with van der Waals surface area (Å²) >= 11 is 13.0. The third kappa shape index (κ3) is 4.76. The highest BCUT2D eigenvalue weighted by Gasteiger charge is 2.58. The first kappa shape index (κ1) is 31.6. The minimum atomic E-state index is -2.90. The van der Waals surface area contributed by atoms with Crippen LogP contribution in [0.4, 0.5) is 13.2 Å². The molecule has 3 aliphatic heterocycles. The number of benzene rings is 2. The molecule has 4 aromatic rings. The fourth-order valence-corrected chi connectivity index (χ4v) is 9.97. The third-order valence-electron chi connectivity index (χ3n) is 11.8. The number of carbonyl (C=O) groups is 1. The molecule has 1 amide bonds. The molecule has 3 saturated carbocycles. The summed E-state index contributed by atoms with van der Waals surface area (Å²) in [4.78, 5) is 20.8. The Kier molecular flexibility index (Phi) is 7.48. The third-order valence-corrected chi connectivity index (χ3v) is 12.6. The van der Waals surface area contributed by atoms with Crippen LogP contribution in [-0.2, 0) is 16.0 Å². The number of ether oxygens (including phenoxy) is 1. The van der Waals surface area contributed by atoms with Gasteiger partial charge < -0.3 is 19.5 Å². The van der Waals surface area contributed by atoms with Crippen molar-refractivity contribution in [2.45, 2.75) is 88.8 Å². The van der Waals surface area contributed by atoms with Crippen LogP contribution >= 0.6 is 23.2 Å². The van der Waals surface area contributed by atoms with Crippen LogP contribution in [0, 0.1) is 41.8 Å². The minimum Gasteiger partial charge on any atom is -0.337 e. The fraction of sp³-hybridized carbons (Fsp3) is 0.486. The molecule has 7 atom stereocenters. The van der Waals surface area contributed by atoms with Crippen molar-refractivity contribution in [3.05, 3.63) is 63.1 Å². The van der Waals surface area contributed by atoms with Crippen LogP contribution in [0.3, 0.4) is 0 Å². The average Bonchev–Trinajstić information content (AvgIpc) is 3.44. The highest BCUT2D eigenvalue weighted by molar-refractivity contribution is 6.43. The predicted molar refractivity (Wildman–Crippen MR) is 180 cm³/mol. The van der Waals surface area contributed by atoms with E-state index in [1.54, 1.807) is 18.2 Å². The summed E-state index contributed by atoms with van der Waals surface area (Å²) in [5.74, 6) is -0.455. The highest BCUT2D eigenvalue weighted by Crippen LogP contribution is 2.57. The molecule has 1 unspecified atom stereocenters. The van der Waals surface area contributed by atoms with Gasteiger partial charge in [-0.2, -0.15) is 14.0 Å². The number of nitrogens with one attached hydrogen (secondary N) is 1. The monoisotopic (exact) mass is 707 g/mol. The van der Waals surface area contributed by atoms with E-state index in [-0.39, 0.29) is 64.8 Å². The van der Waals surface area contributed by atoms with Crippen molar-refractivity contribution in [1.29, 1.82) is 5.26 Å². The van der Waals surface area contributed by atoms with Crippen molar-refractivity contribution in [3.8, 4) is 17.2 Å². The molecule has 254 valence electrons. The number of alkyl halides is 2. The quantitative estimate of drug-likeness (QED) is 0.199. The number of nitriles is 1. The van der Waals surface area contributed by atoms with Crippen LogP contribution < -0.4 is 5.32 Å². The number of amides is 1. The van der Waals surface area contributed by atoms with Gasteiger partial charge in [0.05, 0.1) is 39.8 Å². The van der Waals surface area contributed by atoms with Gasteiger partial charge >= 0.3 is 6.61 Å². The molecule has 3 saturated heterocycles. The standard InChI is InChI=1S/C37H34Cl2F3N5O2/c1-16-22-14-27(35-23-12-20(13-28(23)49-37(41)42)46(35)36(48)17-7-8-17)47(33-19-11-26(33)44-15-19)34(22)24-10-18(4-3-9-43)29(31(40)32(24)45-16)21-5-2-6-25(38)30(21)39/h2,5-6,10,14,17,19-20,23,26,28,33,35,37,44H,3-4,7-8,11-13,15H2,1H3/t19-,20-,23+,26-,28+,33?,35-/m1/s1. The number of pyridine rings is 1. The van der Waals surface area contributed by atoms with E-state index in [2.05, 4.69) is 22.0 Å². The maximum atomic E-state index is 17.1. The van der Waals surface area contributed by atoms with Crippen molar-refractivity contribution in [3.63, 3.8) is 0 Å². The lowest BCUT2D eigenvalue weighted by Crippen LogP contribution is -2.47. The molecule has 5 heterocycles. The topological polar surface area (TPSA) is 83.2 Å². The number of hydrogen-bond donors (Lipinski definition) is 1. The van der Waals surface area contributed by atoms with Crippen molar-refractivity contribution >= 4 is 50.9 Å². The Bertz CT molecular complexity index is 2080. The first-order valence-electron chi connectivity index (χ1n) is 17.1. The van der Waals surface area contributed by atoms with E-state index in [0.29, 0.717) is 46.0 Å². The number of piperidine rings is 1. The maximum Gasteiger partial charge on any atom is 0.345 e. The Balaban J connectivity index is 1.32. The molecule has 4 bridgehead atoms. The van der Waals surface area contributed by atoms with E-state index in [0.717, 1.165) is 42.4 Å². The molecule has 2 aromatic carbocycles. The van der Waals surface area contributed by atoms with E-state index in [9.17, 15) is 18.8 Å². The number of aromatic nitrogens is 2. The van der Waals surface area contributed by atoms with Crippen molar-refractivity contribution < 1.29 is 22.7 Å². The summed E-state index contributed by atoms with van der Waals surface area (Å²) in [5.41, 5.74) is 3.81. The number of halogens is 5. The first-order valence-corrected chi connectivity index (χ1v) is 17.9. The lowest BCUT2D eigenvalue weighted by Gasteiger charge is -2.43. The van der Waals surface area contributed by atoms with Crippen molar-refractivity contribution in [2.24, 2.45) is 17.8 Å². The number of rotatable bonds is 8. The first-order chi connectivity index (χ1) is 23.7. The van der Waals surface area contributed by atoms with E-state index < -0.39 is 24.6 Å². The lowest BCUT2D eigenvalue weighted by atomic mass is 9.79. The van der Waals surface area contributed by atoms with Gasteiger partial charge in [0.2, 0.25) is 5.91 Å². The summed E-state index contributed by atoms with van der Waals surface area (Å²) in [7, 11) is 0. The predicted octanol–water partition coefficient (Wildman–Crippen LogP) is 8.28. The van der Waals surface area contributed by atoms with Crippen molar-refractivity contribution in [2.75, 3.05) is 6.54 Å². The summed E-state index contributed by atoms with van der Waals surface area (Å²) < 4.78 is 52.0. The van der Waals surface area contributed by atoms with Gasteiger partial charge in [0.1, 0.15) is 5.52 Å². The van der Waals surface area contributed by atoms with Crippen LogP contribution in [0.15, 0.2) is 30.3 Å². The largest absolute Gasteiger partial charge is 0.345 e. The molecule has 49 heavy (non-hydrogen) atoms. The second kappa shape index (κ2) is 11.6. The molecular weight excluding hydrogens is 674 g/mol. The number of hydrogen-bond acceptors (Lipinski definition) is 5. The second-order valence-corrected chi connectivity index (χ2v) is 15.3. The molecule has 7 nitrogen and oxygen atoms in total. The summed E-state index contributed by atoms with van der Waals surface area (Å²) in [6.07, 6.45) is 3.46. The number of aryl methyl sites for hydroxylation is 2. The second-order valence-electron chi connectivity index (χ2n) is 14.5. The SMILES string of the molecule is Cc1nc2c(F)c(-c3cccc(Cl)c3Cl)c(CCC#N)cc2c2c1cc([C@H]1[C@H]3C[C@H](C[C@@H]3OC(F)F)N1C(=O)C1CC1)n2C1[C@H]2CN[C@@H]1C2. The minimum absolute atomic E-state index is 0.0338. The Labute approximate surface area is 291 Å². The fourth-order valence-electron chi connectivity index (χ4n) is 9.58. The molecule has 10 rings (SSSR count). The molecule has 0 radical (unpaired) electrons. The van der Waals surface area contributed by atoms with E-state index in [4.69, 9.17) is 32.9 Å². The van der Waals surface area contributed by atoms with E-state index in [1.165, 1.54) is 0 Å². The smallest absolute Gasteiger partial charge is 0.337 e. The Morgan fingerprint density at radius 2 is 2.00 bits per heavy atom. The number of fused-ring (bicyclic) bond motifs is 6. The van der Waals surface area contributed by atoms with Crippen LogP contribution in [0.2, 0.25) is 10.0 Å². The van der Waals surface area contributed by atoms with Gasteiger partial charge in [0.15, 0.2) is 5.82 Å².